The van der Waals surface area contributed by atoms with E-state index in [0.29, 0.717) is 16.8 Å². The first-order chi connectivity index (χ1) is 16.4. The lowest BCUT2D eigenvalue weighted by Gasteiger charge is -2.47. The molecule has 0 saturated carbocycles. The number of carbonyl (C=O) groups excluding carboxylic acids is 1. The molecule has 3 N–H and O–H groups in total. The molecule has 3 aromatic rings. The van der Waals surface area contributed by atoms with Crippen molar-refractivity contribution in [3.63, 3.8) is 0 Å². The van der Waals surface area contributed by atoms with E-state index in [4.69, 9.17) is 22.1 Å². The van der Waals surface area contributed by atoms with E-state index in [1.807, 2.05) is 26.8 Å². The van der Waals surface area contributed by atoms with Crippen molar-refractivity contribution in [3.05, 3.63) is 57.2 Å². The minimum atomic E-state index is -1.98. The largest absolute Gasteiger partial charge is 0.467 e. The second-order valence-electron chi connectivity index (χ2n) is 9.27. The van der Waals surface area contributed by atoms with Crippen molar-refractivity contribution in [3.8, 4) is 5.69 Å². The molecule has 2 atom stereocenters. The molecule has 4 rings (SSSR count). The van der Waals surface area contributed by atoms with E-state index in [0.717, 1.165) is 5.56 Å². The molecule has 0 bridgehead atoms. The molecule has 0 radical (unpaired) electrons. The summed E-state index contributed by atoms with van der Waals surface area (Å²) in [4.78, 5) is 36.3. The summed E-state index contributed by atoms with van der Waals surface area (Å²) in [5, 5.41) is 3.36. The van der Waals surface area contributed by atoms with Crippen LogP contribution in [0.25, 0.3) is 16.7 Å². The van der Waals surface area contributed by atoms with E-state index in [2.05, 4.69) is 15.3 Å². The molecule has 1 saturated heterocycles. The number of rotatable bonds is 4. The lowest BCUT2D eigenvalue weighted by Crippen LogP contribution is -2.75. The van der Waals surface area contributed by atoms with Crippen molar-refractivity contribution in [1.82, 2.24) is 19.9 Å². The van der Waals surface area contributed by atoms with Gasteiger partial charge in [0.2, 0.25) is 0 Å². The topological polar surface area (TPSA) is 115 Å². The Kier molecular flexibility index (Phi) is 6.33. The molecule has 186 valence electrons. The minimum absolute atomic E-state index is 0.0194. The second-order valence-corrected chi connectivity index (χ2v) is 9.66. The fourth-order valence-electron chi connectivity index (χ4n) is 4.42. The van der Waals surface area contributed by atoms with E-state index in [9.17, 15) is 9.59 Å². The smallest absolute Gasteiger partial charge is 0.342 e. The fraction of sp³-hybridized carbons (Fsp3) is 0.417. The zero-order valence-corrected chi connectivity index (χ0v) is 21.0. The highest BCUT2D eigenvalue weighted by Gasteiger charge is 2.49. The number of aryl methyl sites for hydroxylation is 1. The minimum Gasteiger partial charge on any atom is -0.467 e. The number of anilines is 1. The number of alkyl halides is 1. The van der Waals surface area contributed by atoms with Crippen LogP contribution < -0.4 is 21.5 Å². The Bertz CT molecular complexity index is 1380. The number of hydrogen-bond donors (Lipinski definition) is 2. The third-order valence-corrected chi connectivity index (χ3v) is 6.48. The first-order valence-corrected chi connectivity index (χ1v) is 11.5. The quantitative estimate of drug-likeness (QED) is 0.318. The average Bonchev–Trinajstić information content (AvgIpc) is 2.80. The van der Waals surface area contributed by atoms with Gasteiger partial charge < -0.3 is 15.4 Å². The highest BCUT2D eigenvalue weighted by Crippen LogP contribution is 2.36. The summed E-state index contributed by atoms with van der Waals surface area (Å²) in [6, 6.07) is 6.38. The van der Waals surface area contributed by atoms with Gasteiger partial charge in [0.25, 0.3) is 5.56 Å². The van der Waals surface area contributed by atoms with Gasteiger partial charge in [-0.15, -0.1) is 0 Å². The Labute approximate surface area is 207 Å². The van der Waals surface area contributed by atoms with E-state index in [1.54, 1.807) is 18.3 Å². The van der Waals surface area contributed by atoms with E-state index in [-0.39, 0.29) is 35.5 Å². The maximum Gasteiger partial charge on any atom is 0.342 e. The summed E-state index contributed by atoms with van der Waals surface area (Å²) >= 11 is 6.25. The Morgan fingerprint density at radius 1 is 1.34 bits per heavy atom. The molecule has 35 heavy (non-hydrogen) atoms. The standard InChI is InChI=1S/C24H28ClFN6O3/c1-13(2)19-20(14(3)8-9-28-19)32-18(33)10-16(15-6-7-17(25)30-21(15)32)31-12-24(27,22(34)35-5)29-11-23(31,4)26/h6-10,13,29H,11-12,27H2,1-5H3. The molecule has 0 amide bonds. The third kappa shape index (κ3) is 4.26. The van der Waals surface area contributed by atoms with Gasteiger partial charge in [0.1, 0.15) is 5.15 Å². The molecular formula is C24H28ClFN6O3. The summed E-state index contributed by atoms with van der Waals surface area (Å²) in [6.45, 7) is 6.64. The molecular weight excluding hydrogens is 475 g/mol. The number of aromatic nitrogens is 3. The summed E-state index contributed by atoms with van der Waals surface area (Å²) in [7, 11) is 1.21. The number of fused-ring (bicyclic) bond motifs is 1. The zero-order valence-electron chi connectivity index (χ0n) is 20.2. The van der Waals surface area contributed by atoms with Crippen molar-refractivity contribution in [2.75, 3.05) is 25.1 Å². The zero-order chi connectivity index (χ0) is 25.7. The van der Waals surface area contributed by atoms with Crippen LogP contribution in [0.4, 0.5) is 10.1 Å². The predicted molar refractivity (Wildman–Crippen MR) is 133 cm³/mol. The highest BCUT2D eigenvalue weighted by molar-refractivity contribution is 6.29. The van der Waals surface area contributed by atoms with Crippen molar-refractivity contribution in [1.29, 1.82) is 0 Å². The van der Waals surface area contributed by atoms with E-state index in [1.165, 1.54) is 29.6 Å². The summed E-state index contributed by atoms with van der Waals surface area (Å²) in [5.41, 5.74) is 6.74. The fourth-order valence-corrected chi connectivity index (χ4v) is 4.57. The predicted octanol–water partition coefficient (Wildman–Crippen LogP) is 2.79. The Balaban J connectivity index is 2.03. The number of nitrogens with one attached hydrogen (secondary N) is 1. The van der Waals surface area contributed by atoms with Crippen LogP contribution in [0.3, 0.4) is 0 Å². The van der Waals surface area contributed by atoms with Crippen LogP contribution in [0.15, 0.2) is 35.3 Å². The van der Waals surface area contributed by atoms with Crippen molar-refractivity contribution >= 4 is 34.3 Å². The molecule has 0 aromatic carbocycles. The van der Waals surface area contributed by atoms with Crippen molar-refractivity contribution in [2.45, 2.75) is 45.1 Å². The molecule has 1 aliphatic rings. The number of nitrogens with two attached hydrogens (primary N) is 1. The number of esters is 1. The van der Waals surface area contributed by atoms with Crippen LogP contribution in [0.2, 0.25) is 5.15 Å². The van der Waals surface area contributed by atoms with Gasteiger partial charge in [0.05, 0.1) is 37.3 Å². The lowest BCUT2D eigenvalue weighted by atomic mass is 10.0. The SMILES string of the molecule is COC(=O)C1(N)CN(c2cc(=O)n(-c3c(C)ccnc3C(C)C)c3nc(Cl)ccc23)C(C)(F)CN1. The number of halogens is 2. The number of methoxy groups -OCH3 is 1. The third-order valence-electron chi connectivity index (χ3n) is 6.27. The summed E-state index contributed by atoms with van der Waals surface area (Å²) in [6.07, 6.45) is 1.69. The Morgan fingerprint density at radius 2 is 2.06 bits per heavy atom. The number of ether oxygens (including phenoxy) is 1. The van der Waals surface area contributed by atoms with Crippen LogP contribution >= 0.6 is 11.6 Å². The maximum atomic E-state index is 15.8. The molecule has 1 fully saturated rings. The number of nitrogens with zero attached hydrogens (tertiary/aromatic N) is 4. The first kappa shape index (κ1) is 25.0. The van der Waals surface area contributed by atoms with Crippen LogP contribution in [-0.4, -0.2) is 52.2 Å². The van der Waals surface area contributed by atoms with Crippen LogP contribution in [-0.2, 0) is 9.53 Å². The molecule has 0 aliphatic carbocycles. The Hall–Kier alpha value is -3.08. The van der Waals surface area contributed by atoms with E-state index < -0.39 is 23.0 Å². The van der Waals surface area contributed by atoms with Crippen LogP contribution in [0, 0.1) is 6.92 Å². The normalized spacial score (nSPS) is 22.6. The van der Waals surface area contributed by atoms with Gasteiger partial charge in [-0.1, -0.05) is 25.4 Å². The highest BCUT2D eigenvalue weighted by atomic mass is 35.5. The van der Waals surface area contributed by atoms with Gasteiger partial charge in [-0.25, -0.2) is 14.2 Å². The number of carbonyl (C=O) groups is 1. The van der Waals surface area contributed by atoms with Gasteiger partial charge in [-0.3, -0.25) is 19.7 Å². The van der Waals surface area contributed by atoms with E-state index >= 15 is 4.39 Å². The summed E-state index contributed by atoms with van der Waals surface area (Å²) in [5.74, 6) is -2.70. The molecule has 4 heterocycles. The first-order valence-electron chi connectivity index (χ1n) is 11.2. The Morgan fingerprint density at radius 3 is 2.71 bits per heavy atom. The molecule has 3 aromatic heterocycles. The number of pyridine rings is 3. The molecule has 9 nitrogen and oxygen atoms in total. The molecule has 11 heteroatoms. The number of hydrogen-bond acceptors (Lipinski definition) is 8. The van der Waals surface area contributed by atoms with Crippen LogP contribution in [0.5, 0.6) is 0 Å². The molecule has 1 aliphatic heterocycles. The maximum absolute atomic E-state index is 15.8. The van der Waals surface area contributed by atoms with Crippen molar-refractivity contribution < 1.29 is 13.9 Å². The van der Waals surface area contributed by atoms with Gasteiger partial charge >= 0.3 is 5.97 Å². The summed E-state index contributed by atoms with van der Waals surface area (Å²) < 4.78 is 22.1. The number of piperazine rings is 1. The van der Waals surface area contributed by atoms with Gasteiger partial charge in [-0.2, -0.15) is 0 Å². The molecule has 0 spiro atoms. The van der Waals surface area contributed by atoms with Gasteiger partial charge in [-0.05, 0) is 43.5 Å². The van der Waals surface area contributed by atoms with Gasteiger partial charge in [0, 0.05) is 17.6 Å². The molecule has 2 unspecified atom stereocenters. The second kappa shape index (κ2) is 8.85. The monoisotopic (exact) mass is 502 g/mol. The average molecular weight is 503 g/mol. The lowest BCUT2D eigenvalue weighted by molar-refractivity contribution is -0.149. The van der Waals surface area contributed by atoms with Crippen molar-refractivity contribution in [2.24, 2.45) is 5.73 Å². The van der Waals surface area contributed by atoms with Gasteiger partial charge in [0.15, 0.2) is 17.1 Å². The van der Waals surface area contributed by atoms with Crippen LogP contribution in [0.1, 0.15) is 37.9 Å².